The second-order valence-corrected chi connectivity index (χ2v) is 7.30. The smallest absolute Gasteiger partial charge is 0.338 e. The zero-order chi connectivity index (χ0) is 24.5. The second kappa shape index (κ2) is 8.69. The molecule has 1 heterocycles. The molecule has 3 aromatic carbocycles. The van der Waals surface area contributed by atoms with Crippen molar-refractivity contribution in [1.82, 2.24) is 9.97 Å². The molecule has 0 aliphatic heterocycles. The van der Waals surface area contributed by atoms with Crippen molar-refractivity contribution in [2.75, 3.05) is 5.32 Å². The number of rotatable bonds is 4. The average molecular weight is 475 g/mol. The lowest BCUT2D eigenvalue weighted by molar-refractivity contribution is -0.167. The van der Waals surface area contributed by atoms with Crippen molar-refractivity contribution in [3.8, 4) is 11.1 Å². The van der Waals surface area contributed by atoms with E-state index in [-0.39, 0.29) is 5.69 Å². The van der Waals surface area contributed by atoms with Crippen LogP contribution in [0.3, 0.4) is 0 Å². The lowest BCUT2D eigenvalue weighted by atomic mass is 10.0. The molecule has 4 nitrogen and oxygen atoms in total. The van der Waals surface area contributed by atoms with Gasteiger partial charge in [0.2, 0.25) is 0 Å². The van der Waals surface area contributed by atoms with Crippen LogP contribution in [0.5, 0.6) is 0 Å². The third-order valence-corrected chi connectivity index (χ3v) is 4.92. The molecule has 1 amide bonds. The van der Waals surface area contributed by atoms with Gasteiger partial charge in [0.1, 0.15) is 5.82 Å². The Morgan fingerprint density at radius 3 is 2.26 bits per heavy atom. The molecule has 4 aromatic rings. The van der Waals surface area contributed by atoms with Crippen molar-refractivity contribution >= 4 is 34.8 Å². The van der Waals surface area contributed by atoms with Crippen LogP contribution in [0, 0.1) is 0 Å². The first-order valence-electron chi connectivity index (χ1n) is 9.83. The molecule has 0 spiro atoms. The molecule has 0 bridgehead atoms. The van der Waals surface area contributed by atoms with Crippen molar-refractivity contribution in [2.45, 2.75) is 12.4 Å². The number of carbonyl (C=O) groups excluding carboxylic acids is 1. The third kappa shape index (κ3) is 5.11. The Labute approximate surface area is 188 Å². The number of nitrogens with zero attached hydrogens (tertiary/aromatic N) is 1. The number of para-hydroxylation sites is 1. The van der Waals surface area contributed by atoms with Crippen LogP contribution in [-0.2, 0) is 11.0 Å². The van der Waals surface area contributed by atoms with Gasteiger partial charge in [-0.1, -0.05) is 42.5 Å². The number of alkyl halides is 6. The van der Waals surface area contributed by atoms with Crippen LogP contribution >= 0.6 is 0 Å². The highest BCUT2D eigenvalue weighted by Gasteiger charge is 2.39. The number of anilines is 1. The number of imidazole rings is 1. The summed E-state index contributed by atoms with van der Waals surface area (Å²) in [5.41, 5.74) is 1.88. The molecule has 0 radical (unpaired) electrons. The largest absolute Gasteiger partial charge is 0.471 e. The van der Waals surface area contributed by atoms with E-state index >= 15 is 0 Å². The van der Waals surface area contributed by atoms with Crippen molar-refractivity contribution in [2.24, 2.45) is 0 Å². The van der Waals surface area contributed by atoms with Gasteiger partial charge in [0.25, 0.3) is 0 Å². The molecule has 0 fully saturated rings. The maximum atomic E-state index is 12.7. The summed E-state index contributed by atoms with van der Waals surface area (Å²) in [6, 6.07) is 15.7. The molecular weight excluding hydrogens is 460 g/mol. The quantitative estimate of drug-likeness (QED) is 0.315. The summed E-state index contributed by atoms with van der Waals surface area (Å²) in [4.78, 5) is 18.8. The number of hydrogen-bond donors (Lipinski definition) is 2. The Balaban J connectivity index is 1.59. The van der Waals surface area contributed by atoms with E-state index in [9.17, 15) is 31.1 Å². The third-order valence-electron chi connectivity index (χ3n) is 4.92. The summed E-state index contributed by atoms with van der Waals surface area (Å²) in [6.45, 7) is 0. The fourth-order valence-electron chi connectivity index (χ4n) is 3.27. The molecule has 2 N–H and O–H groups in total. The first-order valence-corrected chi connectivity index (χ1v) is 9.83. The van der Waals surface area contributed by atoms with Gasteiger partial charge in [0.05, 0.1) is 16.6 Å². The van der Waals surface area contributed by atoms with E-state index in [4.69, 9.17) is 0 Å². The molecular formula is C24H15F6N3O. The number of amides is 1. The predicted molar refractivity (Wildman–Crippen MR) is 117 cm³/mol. The van der Waals surface area contributed by atoms with E-state index < -0.39 is 23.8 Å². The minimum absolute atomic E-state index is 0.00198. The molecule has 0 atom stereocenters. The van der Waals surface area contributed by atoms with Crippen LogP contribution in [0.25, 0.3) is 34.3 Å². The van der Waals surface area contributed by atoms with Crippen molar-refractivity contribution in [3.05, 3.63) is 83.7 Å². The maximum absolute atomic E-state index is 12.7. The fraction of sp³-hybridized carbons (Fsp3) is 0.0833. The average Bonchev–Trinajstić information content (AvgIpc) is 3.19. The maximum Gasteiger partial charge on any atom is 0.471 e. The molecule has 34 heavy (non-hydrogen) atoms. The minimum Gasteiger partial charge on any atom is -0.338 e. The summed E-state index contributed by atoms with van der Waals surface area (Å²) >= 11 is 0. The van der Waals surface area contributed by atoms with Crippen LogP contribution in [0.15, 0.2) is 66.7 Å². The number of carbonyl (C=O) groups is 1. The van der Waals surface area contributed by atoms with Gasteiger partial charge in [0, 0.05) is 11.3 Å². The van der Waals surface area contributed by atoms with Crippen molar-refractivity contribution < 1.29 is 31.1 Å². The Morgan fingerprint density at radius 1 is 0.882 bits per heavy atom. The molecule has 0 unspecified atom stereocenters. The van der Waals surface area contributed by atoms with Gasteiger partial charge < -0.3 is 10.3 Å². The van der Waals surface area contributed by atoms with Gasteiger partial charge in [0.15, 0.2) is 0 Å². The Kier molecular flexibility index (Phi) is 5.90. The van der Waals surface area contributed by atoms with Crippen molar-refractivity contribution in [3.63, 3.8) is 0 Å². The van der Waals surface area contributed by atoms with Crippen molar-refractivity contribution in [1.29, 1.82) is 0 Å². The van der Waals surface area contributed by atoms with Gasteiger partial charge in [-0.3, -0.25) is 4.79 Å². The van der Waals surface area contributed by atoms with E-state index in [1.807, 2.05) is 5.32 Å². The lowest BCUT2D eigenvalue weighted by Gasteiger charge is -2.12. The van der Waals surface area contributed by atoms with Gasteiger partial charge in [-0.05, 0) is 47.5 Å². The molecule has 10 heteroatoms. The SMILES string of the molecule is O=C(Nc1ccccc1-c1ccc2[nH]c(/C=C/c3ccc(C(F)(F)F)cc3)nc2c1)C(F)(F)F. The fourth-order valence-corrected chi connectivity index (χ4v) is 3.27. The van der Waals surface area contributed by atoms with Crippen LogP contribution in [0.4, 0.5) is 32.0 Å². The summed E-state index contributed by atoms with van der Waals surface area (Å²) in [6.07, 6.45) is -6.24. The highest BCUT2D eigenvalue weighted by molar-refractivity contribution is 5.99. The van der Waals surface area contributed by atoms with E-state index in [1.54, 1.807) is 42.5 Å². The molecule has 0 aliphatic carbocycles. The highest BCUT2D eigenvalue weighted by Crippen LogP contribution is 2.32. The second-order valence-electron chi connectivity index (χ2n) is 7.30. The van der Waals surface area contributed by atoms with E-state index in [0.717, 1.165) is 12.1 Å². The number of aromatic nitrogens is 2. The van der Waals surface area contributed by atoms with E-state index in [0.29, 0.717) is 33.5 Å². The molecule has 0 saturated heterocycles. The summed E-state index contributed by atoms with van der Waals surface area (Å²) in [5.74, 6) is -1.64. The highest BCUT2D eigenvalue weighted by atomic mass is 19.4. The van der Waals surface area contributed by atoms with Crippen LogP contribution < -0.4 is 5.32 Å². The minimum atomic E-state index is -5.02. The number of halogens is 6. The monoisotopic (exact) mass is 475 g/mol. The zero-order valence-corrected chi connectivity index (χ0v) is 17.1. The predicted octanol–water partition coefficient (Wildman–Crippen LogP) is 6.92. The van der Waals surface area contributed by atoms with Gasteiger partial charge in [-0.15, -0.1) is 0 Å². The summed E-state index contributed by atoms with van der Waals surface area (Å²) < 4.78 is 76.0. The number of aromatic amines is 1. The number of fused-ring (bicyclic) bond motifs is 1. The standard InChI is InChI=1S/C24H15F6N3O/c25-23(26,27)16-9-5-14(6-10-16)7-12-21-31-19-11-8-15(13-20(19)32-21)17-3-1-2-4-18(17)33-22(34)24(28,29)30/h1-13H,(H,31,32)(H,33,34)/b12-7+. The Bertz CT molecular complexity index is 1370. The zero-order valence-electron chi connectivity index (χ0n) is 17.1. The topological polar surface area (TPSA) is 57.8 Å². The Hall–Kier alpha value is -4.08. The van der Waals surface area contributed by atoms with Gasteiger partial charge in [-0.25, -0.2) is 4.98 Å². The van der Waals surface area contributed by atoms with Crippen LogP contribution in [-0.4, -0.2) is 22.1 Å². The number of nitrogens with one attached hydrogen (secondary N) is 2. The number of H-pyrrole nitrogens is 1. The lowest BCUT2D eigenvalue weighted by Crippen LogP contribution is -2.30. The molecule has 4 rings (SSSR count). The van der Waals surface area contributed by atoms with E-state index in [1.165, 1.54) is 24.3 Å². The van der Waals surface area contributed by atoms with Gasteiger partial charge in [-0.2, -0.15) is 26.3 Å². The summed E-state index contributed by atoms with van der Waals surface area (Å²) in [7, 11) is 0. The Morgan fingerprint density at radius 2 is 1.59 bits per heavy atom. The first-order chi connectivity index (χ1) is 16.0. The molecule has 174 valence electrons. The molecule has 1 aromatic heterocycles. The molecule has 0 saturated carbocycles. The first kappa shape index (κ1) is 23.1. The van der Waals surface area contributed by atoms with Gasteiger partial charge >= 0.3 is 18.3 Å². The normalized spacial score (nSPS) is 12.4. The number of benzene rings is 3. The van der Waals surface area contributed by atoms with Crippen LogP contribution in [0.2, 0.25) is 0 Å². The number of hydrogen-bond acceptors (Lipinski definition) is 2. The van der Waals surface area contributed by atoms with Crippen LogP contribution in [0.1, 0.15) is 17.0 Å². The van der Waals surface area contributed by atoms with E-state index in [2.05, 4.69) is 9.97 Å². The molecule has 0 aliphatic rings. The summed E-state index contributed by atoms with van der Waals surface area (Å²) in [5, 5.41) is 1.88.